The molecule has 0 aliphatic carbocycles. The highest BCUT2D eigenvalue weighted by Gasteiger charge is 2.17. The minimum Gasteiger partial charge on any atom is -0.497 e. The molecule has 1 N–H and O–H groups in total. The van der Waals surface area contributed by atoms with Crippen molar-refractivity contribution in [2.24, 2.45) is 0 Å². The average Bonchev–Trinajstić information content (AvgIpc) is 2.80. The molecule has 4 rings (SSSR count). The van der Waals surface area contributed by atoms with Crippen LogP contribution in [0.15, 0.2) is 71.5 Å². The van der Waals surface area contributed by atoms with Crippen LogP contribution in [0.5, 0.6) is 11.5 Å². The van der Waals surface area contributed by atoms with E-state index in [9.17, 15) is 9.59 Å². The summed E-state index contributed by atoms with van der Waals surface area (Å²) in [4.78, 5) is 30.9. The van der Waals surface area contributed by atoms with Crippen LogP contribution >= 0.6 is 11.6 Å². The fraction of sp³-hybridized carbons (Fsp3) is 0.0870. The Morgan fingerprint density at radius 2 is 1.61 bits per heavy atom. The largest absolute Gasteiger partial charge is 0.497 e. The predicted octanol–water partition coefficient (Wildman–Crippen LogP) is 4.12. The van der Waals surface area contributed by atoms with Crippen LogP contribution in [0.2, 0.25) is 5.02 Å². The first-order valence-electron chi connectivity index (χ1n) is 9.32. The number of carbonyl (C=O) groups excluding carboxylic acids is 1. The fourth-order valence-corrected chi connectivity index (χ4v) is 3.26. The summed E-state index contributed by atoms with van der Waals surface area (Å²) in [7, 11) is 2.99. The zero-order valence-electron chi connectivity index (χ0n) is 16.8. The number of para-hydroxylation sites is 1. The summed E-state index contributed by atoms with van der Waals surface area (Å²) in [5.41, 5.74) is 3.66. The Morgan fingerprint density at radius 3 is 2.26 bits per heavy atom. The van der Waals surface area contributed by atoms with Crippen molar-refractivity contribution < 1.29 is 14.3 Å². The Hall–Kier alpha value is -3.84. The molecule has 0 aliphatic rings. The van der Waals surface area contributed by atoms with Gasteiger partial charge in [-0.15, -0.1) is 0 Å². The zero-order valence-corrected chi connectivity index (χ0v) is 17.5. The average molecular weight is 436 g/mol. The summed E-state index contributed by atoms with van der Waals surface area (Å²) >= 11 is 6.00. The Morgan fingerprint density at radius 1 is 0.968 bits per heavy atom. The van der Waals surface area contributed by atoms with Crippen molar-refractivity contribution >= 4 is 28.4 Å². The van der Waals surface area contributed by atoms with Gasteiger partial charge in [0.05, 0.1) is 25.1 Å². The number of nitrogens with zero attached hydrogens (tertiary/aromatic N) is 2. The molecule has 0 atom stereocenters. The number of ether oxygens (including phenoxy) is 2. The van der Waals surface area contributed by atoms with E-state index >= 15 is 0 Å². The lowest BCUT2D eigenvalue weighted by atomic mass is 10.2. The number of hydrogen-bond acceptors (Lipinski definition) is 5. The van der Waals surface area contributed by atoms with E-state index in [0.29, 0.717) is 33.0 Å². The highest BCUT2D eigenvalue weighted by atomic mass is 35.5. The molecule has 0 unspecified atom stereocenters. The van der Waals surface area contributed by atoms with Gasteiger partial charge in [-0.3, -0.25) is 15.0 Å². The molecule has 4 aromatic rings. The van der Waals surface area contributed by atoms with E-state index in [0.717, 1.165) is 4.68 Å². The van der Waals surface area contributed by atoms with Crippen LogP contribution in [0.25, 0.3) is 22.3 Å². The van der Waals surface area contributed by atoms with E-state index in [1.54, 1.807) is 66.7 Å². The molecule has 156 valence electrons. The smallest absolute Gasteiger partial charge is 0.280 e. The van der Waals surface area contributed by atoms with Gasteiger partial charge in [-0.25, -0.2) is 4.98 Å². The SMILES string of the molecule is COc1cc(OC)cc(C(=O)Nn2c(-c3ccc(Cl)cc3)nc3ccccc3c2=O)c1. The number of aromatic nitrogens is 2. The molecule has 0 spiro atoms. The van der Waals surface area contributed by atoms with Crippen molar-refractivity contribution in [1.82, 2.24) is 9.66 Å². The topological polar surface area (TPSA) is 82.4 Å². The summed E-state index contributed by atoms with van der Waals surface area (Å²) < 4.78 is 11.6. The molecule has 0 saturated carbocycles. The lowest BCUT2D eigenvalue weighted by molar-refractivity contribution is 0.101. The van der Waals surface area contributed by atoms with E-state index in [1.807, 2.05) is 0 Å². The minimum atomic E-state index is -0.522. The molecule has 1 aromatic heterocycles. The van der Waals surface area contributed by atoms with E-state index < -0.39 is 11.5 Å². The highest BCUT2D eigenvalue weighted by molar-refractivity contribution is 6.30. The van der Waals surface area contributed by atoms with Gasteiger partial charge in [-0.05, 0) is 48.5 Å². The number of rotatable bonds is 5. The van der Waals surface area contributed by atoms with Crippen molar-refractivity contribution in [1.29, 1.82) is 0 Å². The maximum absolute atomic E-state index is 13.2. The predicted molar refractivity (Wildman–Crippen MR) is 120 cm³/mol. The molecule has 0 bridgehead atoms. The van der Waals surface area contributed by atoms with Crippen LogP contribution in [0, 0.1) is 0 Å². The summed E-state index contributed by atoms with van der Waals surface area (Å²) in [6.45, 7) is 0. The molecule has 1 heterocycles. The van der Waals surface area contributed by atoms with Crippen molar-refractivity contribution in [3.05, 3.63) is 87.7 Å². The molecular formula is C23H18ClN3O4. The second kappa shape index (κ2) is 8.49. The van der Waals surface area contributed by atoms with Crippen molar-refractivity contribution in [3.8, 4) is 22.9 Å². The summed E-state index contributed by atoms with van der Waals surface area (Å²) in [6.07, 6.45) is 0. The molecule has 0 saturated heterocycles. The van der Waals surface area contributed by atoms with Crippen molar-refractivity contribution in [2.45, 2.75) is 0 Å². The third kappa shape index (κ3) is 4.08. The van der Waals surface area contributed by atoms with Gasteiger partial charge in [-0.1, -0.05) is 23.7 Å². The molecule has 7 nitrogen and oxygen atoms in total. The van der Waals surface area contributed by atoms with E-state index in [-0.39, 0.29) is 11.4 Å². The number of hydrogen-bond donors (Lipinski definition) is 1. The maximum Gasteiger partial charge on any atom is 0.280 e. The van der Waals surface area contributed by atoms with Gasteiger partial charge in [0.2, 0.25) is 0 Å². The van der Waals surface area contributed by atoms with Crippen LogP contribution in [0.4, 0.5) is 0 Å². The quantitative estimate of drug-likeness (QED) is 0.510. The highest BCUT2D eigenvalue weighted by Crippen LogP contribution is 2.24. The van der Waals surface area contributed by atoms with E-state index in [1.165, 1.54) is 14.2 Å². The van der Waals surface area contributed by atoms with Crippen LogP contribution in [-0.2, 0) is 0 Å². The Kier molecular flexibility index (Phi) is 5.60. The number of methoxy groups -OCH3 is 2. The first-order chi connectivity index (χ1) is 15.0. The van der Waals surface area contributed by atoms with Gasteiger partial charge < -0.3 is 9.47 Å². The molecule has 3 aromatic carbocycles. The lowest BCUT2D eigenvalue weighted by Gasteiger charge is -2.15. The summed E-state index contributed by atoms with van der Waals surface area (Å²) in [6, 6.07) is 18.6. The van der Waals surface area contributed by atoms with Gasteiger partial charge in [0.25, 0.3) is 11.5 Å². The number of carbonyl (C=O) groups is 1. The Labute approximate surface area is 182 Å². The number of amides is 1. The van der Waals surface area contributed by atoms with Gasteiger partial charge in [-0.2, -0.15) is 4.68 Å². The van der Waals surface area contributed by atoms with E-state index in [2.05, 4.69) is 10.4 Å². The van der Waals surface area contributed by atoms with E-state index in [4.69, 9.17) is 21.1 Å². The number of fused-ring (bicyclic) bond motifs is 1. The number of halogens is 1. The van der Waals surface area contributed by atoms with Crippen LogP contribution in [0.3, 0.4) is 0 Å². The third-order valence-corrected chi connectivity index (χ3v) is 4.96. The standard InChI is InChI=1S/C23H18ClN3O4/c1-30-17-11-15(12-18(13-17)31-2)22(28)26-27-21(14-7-9-16(24)10-8-14)25-20-6-4-3-5-19(20)23(27)29/h3-13H,1-2H3,(H,26,28). The van der Waals surface area contributed by atoms with Gasteiger partial charge in [0.1, 0.15) is 11.5 Å². The third-order valence-electron chi connectivity index (χ3n) is 4.71. The van der Waals surface area contributed by atoms with Gasteiger partial charge in [0.15, 0.2) is 5.82 Å². The second-order valence-electron chi connectivity index (χ2n) is 6.64. The lowest BCUT2D eigenvalue weighted by Crippen LogP contribution is -2.35. The molecule has 8 heteroatoms. The summed E-state index contributed by atoms with van der Waals surface area (Å²) in [5, 5.41) is 0.926. The number of nitrogens with one attached hydrogen (secondary N) is 1. The second-order valence-corrected chi connectivity index (χ2v) is 7.08. The monoisotopic (exact) mass is 435 g/mol. The molecule has 31 heavy (non-hydrogen) atoms. The summed E-state index contributed by atoms with van der Waals surface area (Å²) in [5.74, 6) is 0.660. The first kappa shape index (κ1) is 20.4. The molecule has 0 fully saturated rings. The fourth-order valence-electron chi connectivity index (χ4n) is 3.13. The van der Waals surface area contributed by atoms with Crippen LogP contribution in [-0.4, -0.2) is 29.8 Å². The number of benzene rings is 3. The Bertz CT molecular complexity index is 1310. The van der Waals surface area contributed by atoms with Gasteiger partial charge in [0, 0.05) is 22.2 Å². The molecular weight excluding hydrogens is 418 g/mol. The zero-order chi connectivity index (χ0) is 22.0. The molecule has 1 amide bonds. The van der Waals surface area contributed by atoms with Gasteiger partial charge >= 0.3 is 0 Å². The molecule has 0 aliphatic heterocycles. The molecule has 0 radical (unpaired) electrons. The first-order valence-corrected chi connectivity index (χ1v) is 9.70. The maximum atomic E-state index is 13.2. The minimum absolute atomic E-state index is 0.262. The van der Waals surface area contributed by atoms with Crippen molar-refractivity contribution in [3.63, 3.8) is 0 Å². The Balaban J connectivity index is 1.85. The van der Waals surface area contributed by atoms with Crippen molar-refractivity contribution in [2.75, 3.05) is 19.6 Å². The van der Waals surface area contributed by atoms with Crippen LogP contribution in [0.1, 0.15) is 10.4 Å². The normalized spacial score (nSPS) is 10.7. The van der Waals surface area contributed by atoms with Crippen LogP contribution < -0.4 is 20.5 Å².